The second-order valence-electron chi connectivity index (χ2n) is 9.43. The van der Waals surface area contributed by atoms with Crippen LogP contribution in [0.4, 0.5) is 4.79 Å². The normalized spacial score (nSPS) is 11.5. The van der Waals surface area contributed by atoms with Crippen molar-refractivity contribution in [2.45, 2.75) is 45.6 Å². The highest BCUT2D eigenvalue weighted by Gasteiger charge is 2.19. The van der Waals surface area contributed by atoms with Crippen LogP contribution >= 0.6 is 0 Å². The minimum atomic E-state index is -0.985. The number of methoxy groups -OCH3 is 1. The number of hydrogen-bond acceptors (Lipinski definition) is 6. The third-order valence-electron chi connectivity index (χ3n) is 6.38. The Labute approximate surface area is 236 Å². The summed E-state index contributed by atoms with van der Waals surface area (Å²) in [6, 6.07) is 23.0. The summed E-state index contributed by atoms with van der Waals surface area (Å²) in [5.41, 5.74) is 3.06. The van der Waals surface area contributed by atoms with Crippen LogP contribution < -0.4 is 14.2 Å². The lowest BCUT2D eigenvalue weighted by Gasteiger charge is -2.23. The summed E-state index contributed by atoms with van der Waals surface area (Å²) in [7, 11) is 1.54. The standard InChI is InChI=1S/C32H39NO7/c1-4-38-30(31(34)35)23-26-14-16-27(17-15-26)39-21-20-33(19-9-8-12-25-10-6-5-7-11-25)32(36)40-29-22-24(2)13-18-28(29)37-3/h5-7,10-11,13-18,22,30H,4,8-9,12,19-21,23H2,1-3H3,(H,34,35). The van der Waals surface area contributed by atoms with Crippen molar-refractivity contribution in [3.63, 3.8) is 0 Å². The fourth-order valence-electron chi connectivity index (χ4n) is 4.22. The maximum absolute atomic E-state index is 13.2. The SMILES string of the molecule is CCOC(Cc1ccc(OCCN(CCCCc2ccccc2)C(=O)Oc2cc(C)ccc2OC)cc1)C(=O)O. The number of carboxylic acid groups (broad SMARTS) is 1. The van der Waals surface area contributed by atoms with Gasteiger partial charge in [0.15, 0.2) is 17.6 Å². The minimum Gasteiger partial charge on any atom is -0.493 e. The number of ether oxygens (including phenoxy) is 4. The molecule has 3 aromatic carbocycles. The molecule has 0 aromatic heterocycles. The van der Waals surface area contributed by atoms with Gasteiger partial charge in [0.2, 0.25) is 0 Å². The van der Waals surface area contributed by atoms with E-state index in [1.54, 1.807) is 43.2 Å². The van der Waals surface area contributed by atoms with Crippen molar-refractivity contribution in [2.24, 2.45) is 0 Å². The molecule has 1 amide bonds. The molecule has 0 aliphatic heterocycles. The van der Waals surface area contributed by atoms with Crippen molar-refractivity contribution in [2.75, 3.05) is 33.4 Å². The first-order valence-corrected chi connectivity index (χ1v) is 13.6. The molecule has 3 rings (SSSR count). The molecule has 0 fully saturated rings. The Balaban J connectivity index is 1.58. The molecular weight excluding hydrogens is 510 g/mol. The molecule has 40 heavy (non-hydrogen) atoms. The van der Waals surface area contributed by atoms with Gasteiger partial charge < -0.3 is 29.0 Å². The summed E-state index contributed by atoms with van der Waals surface area (Å²) < 4.78 is 22.3. The summed E-state index contributed by atoms with van der Waals surface area (Å²) in [6.45, 7) is 5.17. The molecule has 0 saturated heterocycles. The first-order chi connectivity index (χ1) is 19.4. The molecule has 0 aliphatic carbocycles. The van der Waals surface area contributed by atoms with Gasteiger partial charge in [0.1, 0.15) is 12.4 Å². The Kier molecular flexibility index (Phi) is 12.3. The number of unbranched alkanes of at least 4 members (excludes halogenated alkanes) is 1. The fraction of sp³-hybridized carbons (Fsp3) is 0.375. The highest BCUT2D eigenvalue weighted by Crippen LogP contribution is 2.28. The lowest BCUT2D eigenvalue weighted by molar-refractivity contribution is -0.149. The summed E-state index contributed by atoms with van der Waals surface area (Å²) in [5, 5.41) is 9.31. The van der Waals surface area contributed by atoms with Crippen LogP contribution in [-0.2, 0) is 22.4 Å². The zero-order chi connectivity index (χ0) is 28.7. The van der Waals surface area contributed by atoms with Gasteiger partial charge in [0.25, 0.3) is 0 Å². The third-order valence-corrected chi connectivity index (χ3v) is 6.38. The number of nitrogens with zero attached hydrogens (tertiary/aromatic N) is 1. The first-order valence-electron chi connectivity index (χ1n) is 13.6. The van der Waals surface area contributed by atoms with E-state index in [4.69, 9.17) is 18.9 Å². The summed E-state index contributed by atoms with van der Waals surface area (Å²) >= 11 is 0. The van der Waals surface area contributed by atoms with E-state index in [1.807, 2.05) is 43.3 Å². The molecule has 0 saturated carbocycles. The van der Waals surface area contributed by atoms with Crippen molar-refractivity contribution < 1.29 is 33.6 Å². The number of amides is 1. The van der Waals surface area contributed by atoms with Crippen molar-refractivity contribution in [3.8, 4) is 17.2 Å². The van der Waals surface area contributed by atoms with E-state index in [2.05, 4.69) is 12.1 Å². The van der Waals surface area contributed by atoms with Gasteiger partial charge in [-0.25, -0.2) is 9.59 Å². The quantitative estimate of drug-likeness (QED) is 0.221. The van der Waals surface area contributed by atoms with Gasteiger partial charge in [-0.1, -0.05) is 48.5 Å². The maximum Gasteiger partial charge on any atom is 0.415 e. The van der Waals surface area contributed by atoms with Crippen LogP contribution in [0.2, 0.25) is 0 Å². The molecule has 1 unspecified atom stereocenters. The Hall–Kier alpha value is -4.04. The predicted molar refractivity (Wildman–Crippen MR) is 153 cm³/mol. The van der Waals surface area contributed by atoms with E-state index in [0.717, 1.165) is 30.4 Å². The van der Waals surface area contributed by atoms with Crippen LogP contribution in [0.3, 0.4) is 0 Å². The average molecular weight is 550 g/mol. The number of hydrogen-bond donors (Lipinski definition) is 1. The Morgan fingerprint density at radius 3 is 2.33 bits per heavy atom. The van der Waals surface area contributed by atoms with E-state index in [1.165, 1.54) is 5.56 Å². The Morgan fingerprint density at radius 1 is 0.900 bits per heavy atom. The topological polar surface area (TPSA) is 94.5 Å². The molecule has 1 atom stereocenters. The summed E-state index contributed by atoms with van der Waals surface area (Å²) in [5.74, 6) is 0.518. The molecular formula is C32H39NO7. The largest absolute Gasteiger partial charge is 0.493 e. The van der Waals surface area contributed by atoms with Gasteiger partial charge in [0.05, 0.1) is 13.7 Å². The van der Waals surface area contributed by atoms with E-state index >= 15 is 0 Å². The van der Waals surface area contributed by atoms with Crippen molar-refractivity contribution in [3.05, 3.63) is 89.5 Å². The lowest BCUT2D eigenvalue weighted by Crippen LogP contribution is -2.37. The second-order valence-corrected chi connectivity index (χ2v) is 9.43. The molecule has 0 spiro atoms. The molecule has 0 heterocycles. The zero-order valence-corrected chi connectivity index (χ0v) is 23.5. The minimum absolute atomic E-state index is 0.272. The van der Waals surface area contributed by atoms with Crippen LogP contribution in [0, 0.1) is 6.92 Å². The van der Waals surface area contributed by atoms with Gasteiger partial charge in [-0.15, -0.1) is 0 Å². The van der Waals surface area contributed by atoms with Gasteiger partial charge in [0, 0.05) is 19.6 Å². The molecule has 8 heteroatoms. The Bertz CT molecular complexity index is 1200. The highest BCUT2D eigenvalue weighted by atomic mass is 16.6. The van der Waals surface area contributed by atoms with E-state index < -0.39 is 18.2 Å². The monoisotopic (exact) mass is 549 g/mol. The van der Waals surface area contributed by atoms with Crippen LogP contribution in [0.5, 0.6) is 17.2 Å². The lowest BCUT2D eigenvalue weighted by atomic mass is 10.1. The molecule has 214 valence electrons. The predicted octanol–water partition coefficient (Wildman–Crippen LogP) is 5.94. The number of benzene rings is 3. The molecule has 0 aliphatic rings. The second kappa shape index (κ2) is 16.2. The molecule has 0 bridgehead atoms. The number of aliphatic carboxylic acids is 1. The van der Waals surface area contributed by atoms with Crippen LogP contribution in [-0.4, -0.2) is 61.6 Å². The first kappa shape index (κ1) is 30.5. The number of carboxylic acids is 1. The Morgan fingerprint density at radius 2 is 1.65 bits per heavy atom. The van der Waals surface area contributed by atoms with E-state index in [0.29, 0.717) is 36.9 Å². The van der Waals surface area contributed by atoms with Gasteiger partial charge >= 0.3 is 12.1 Å². The number of carbonyl (C=O) groups excluding carboxylic acids is 1. The van der Waals surface area contributed by atoms with Gasteiger partial charge in [-0.05, 0) is 74.1 Å². The van der Waals surface area contributed by atoms with Crippen molar-refractivity contribution in [1.82, 2.24) is 4.90 Å². The van der Waals surface area contributed by atoms with Crippen LogP contribution in [0.15, 0.2) is 72.8 Å². The third kappa shape index (κ3) is 9.93. The molecule has 8 nitrogen and oxygen atoms in total. The van der Waals surface area contributed by atoms with Crippen LogP contribution in [0.25, 0.3) is 0 Å². The smallest absolute Gasteiger partial charge is 0.415 e. The zero-order valence-electron chi connectivity index (χ0n) is 23.5. The fourth-order valence-corrected chi connectivity index (χ4v) is 4.22. The highest BCUT2D eigenvalue weighted by molar-refractivity contribution is 5.73. The van der Waals surface area contributed by atoms with E-state index in [-0.39, 0.29) is 13.0 Å². The van der Waals surface area contributed by atoms with Gasteiger partial charge in [-0.2, -0.15) is 0 Å². The number of aryl methyl sites for hydroxylation is 2. The van der Waals surface area contributed by atoms with E-state index in [9.17, 15) is 14.7 Å². The van der Waals surface area contributed by atoms with Crippen LogP contribution in [0.1, 0.15) is 36.5 Å². The van der Waals surface area contributed by atoms with Gasteiger partial charge in [-0.3, -0.25) is 0 Å². The summed E-state index contributed by atoms with van der Waals surface area (Å²) in [6.07, 6.45) is 1.61. The van der Waals surface area contributed by atoms with Crippen molar-refractivity contribution in [1.29, 1.82) is 0 Å². The number of rotatable bonds is 16. The molecule has 3 aromatic rings. The number of carbonyl (C=O) groups is 2. The van der Waals surface area contributed by atoms with Crippen molar-refractivity contribution >= 4 is 12.1 Å². The molecule has 1 N–H and O–H groups in total. The average Bonchev–Trinajstić information content (AvgIpc) is 2.95. The summed E-state index contributed by atoms with van der Waals surface area (Å²) in [4.78, 5) is 26.2. The maximum atomic E-state index is 13.2. The molecule has 0 radical (unpaired) electrons.